The number of rotatable bonds is 9. The van der Waals surface area contributed by atoms with Gasteiger partial charge in [0.1, 0.15) is 6.61 Å². The first-order valence-corrected chi connectivity index (χ1v) is 8.65. The maximum Gasteiger partial charge on any atom is 0.175 e. The zero-order valence-electron chi connectivity index (χ0n) is 14.5. The van der Waals surface area contributed by atoms with E-state index in [2.05, 4.69) is 38.8 Å². The summed E-state index contributed by atoms with van der Waals surface area (Å²) in [5.41, 5.74) is 1.15. The quantitative estimate of drug-likeness (QED) is 0.455. The van der Waals surface area contributed by atoms with Crippen molar-refractivity contribution >= 4 is 40.7 Å². The molecule has 0 unspecified atom stereocenters. The van der Waals surface area contributed by atoms with E-state index in [-0.39, 0.29) is 24.8 Å². The highest BCUT2D eigenvalue weighted by Crippen LogP contribution is 2.36. The predicted octanol–water partition coefficient (Wildman–Crippen LogP) is 3.29. The minimum absolute atomic E-state index is 0. The van der Waals surface area contributed by atoms with Crippen LogP contribution in [-0.2, 0) is 11.3 Å². The summed E-state index contributed by atoms with van der Waals surface area (Å²) >= 11 is 3.55. The molecule has 0 atom stereocenters. The molecule has 2 rings (SSSR count). The van der Waals surface area contributed by atoms with Crippen LogP contribution in [0.15, 0.2) is 29.3 Å². The Kier molecular flexibility index (Phi) is 13.4. The number of halogens is 3. The van der Waals surface area contributed by atoms with Crippen LogP contribution in [0.5, 0.6) is 11.5 Å². The van der Waals surface area contributed by atoms with Crippen molar-refractivity contribution in [3.63, 3.8) is 0 Å². The average Bonchev–Trinajstić information content (AvgIpc) is 2.58. The molecule has 0 radical (unpaired) electrons. The van der Waals surface area contributed by atoms with Crippen molar-refractivity contribution < 1.29 is 14.2 Å². The summed E-state index contributed by atoms with van der Waals surface area (Å²) in [5, 5.41) is 3.47. The Morgan fingerprint density at radius 2 is 2.04 bits per heavy atom. The van der Waals surface area contributed by atoms with Crippen LogP contribution >= 0.6 is 40.7 Å². The van der Waals surface area contributed by atoms with Gasteiger partial charge in [-0.2, -0.15) is 0 Å². The number of hydrogen-bond donors (Lipinski definition) is 1. The van der Waals surface area contributed by atoms with Gasteiger partial charge in [0.25, 0.3) is 0 Å². The maximum atomic E-state index is 5.64. The monoisotopic (exact) mass is 456 g/mol. The van der Waals surface area contributed by atoms with Crippen molar-refractivity contribution in [2.45, 2.75) is 6.54 Å². The Morgan fingerprint density at radius 1 is 1.32 bits per heavy atom. The molecule has 144 valence electrons. The van der Waals surface area contributed by atoms with E-state index >= 15 is 0 Å². The van der Waals surface area contributed by atoms with Gasteiger partial charge in [0.05, 0.1) is 24.8 Å². The molecule has 8 heteroatoms. The van der Waals surface area contributed by atoms with Crippen LogP contribution in [0.1, 0.15) is 5.56 Å². The van der Waals surface area contributed by atoms with Crippen molar-refractivity contribution in [1.29, 1.82) is 0 Å². The number of nitrogens with zero attached hydrogens (tertiary/aromatic N) is 1. The van der Waals surface area contributed by atoms with E-state index in [1.807, 2.05) is 6.07 Å². The minimum atomic E-state index is 0. The lowest BCUT2D eigenvalue weighted by Crippen LogP contribution is -2.40. The van der Waals surface area contributed by atoms with Crippen LogP contribution in [0.4, 0.5) is 0 Å². The fourth-order valence-electron chi connectivity index (χ4n) is 2.45. The van der Waals surface area contributed by atoms with Crippen LogP contribution < -0.4 is 14.8 Å². The number of nitrogens with one attached hydrogen (secondary N) is 1. The van der Waals surface area contributed by atoms with Gasteiger partial charge in [0.15, 0.2) is 11.5 Å². The Hall–Kier alpha value is -0.500. The molecular formula is C17H27BrCl2N2O3. The third kappa shape index (κ3) is 8.15. The van der Waals surface area contributed by atoms with Gasteiger partial charge in [0.2, 0.25) is 0 Å². The summed E-state index contributed by atoms with van der Waals surface area (Å²) in [7, 11) is 1.65. The molecule has 0 bridgehead atoms. The lowest BCUT2D eigenvalue weighted by atomic mass is 10.2. The van der Waals surface area contributed by atoms with Gasteiger partial charge < -0.3 is 19.5 Å². The molecule has 5 nitrogen and oxygen atoms in total. The van der Waals surface area contributed by atoms with E-state index in [1.165, 1.54) is 0 Å². The smallest absolute Gasteiger partial charge is 0.175 e. The molecule has 1 saturated heterocycles. The summed E-state index contributed by atoms with van der Waals surface area (Å²) in [6, 6.07) is 4.06. The third-order valence-electron chi connectivity index (χ3n) is 3.67. The third-order valence-corrected chi connectivity index (χ3v) is 4.26. The number of ether oxygens (including phenoxy) is 3. The SMILES string of the molecule is C=CCOc1c(Br)cc(CNCCN2CCOCC2)cc1OC.Cl.Cl. The molecule has 25 heavy (non-hydrogen) atoms. The van der Waals surface area contributed by atoms with Gasteiger partial charge in [-0.1, -0.05) is 12.7 Å². The molecule has 1 N–H and O–H groups in total. The molecule has 1 aliphatic rings. The molecular weight excluding hydrogens is 431 g/mol. The Morgan fingerprint density at radius 3 is 2.68 bits per heavy atom. The standard InChI is InChI=1S/C17H25BrN2O3.2ClH/c1-3-8-23-17-15(18)11-14(12-16(17)21-2)13-19-4-5-20-6-9-22-10-7-20;;/h3,11-12,19H,1,4-10,13H2,2H3;2*1H. The van der Waals surface area contributed by atoms with Crippen LogP contribution in [0.3, 0.4) is 0 Å². The minimum Gasteiger partial charge on any atom is -0.493 e. The zero-order chi connectivity index (χ0) is 16.5. The molecule has 0 aliphatic carbocycles. The van der Waals surface area contributed by atoms with Crippen LogP contribution in [0.2, 0.25) is 0 Å². The summed E-state index contributed by atoms with van der Waals surface area (Å²) in [4.78, 5) is 2.42. The van der Waals surface area contributed by atoms with Crippen LogP contribution in [0, 0.1) is 0 Å². The van der Waals surface area contributed by atoms with Gasteiger partial charge >= 0.3 is 0 Å². The lowest BCUT2D eigenvalue weighted by Gasteiger charge is -2.26. The fraction of sp³-hybridized carbons (Fsp3) is 0.529. The molecule has 0 saturated carbocycles. The first-order chi connectivity index (χ1) is 11.2. The number of morpholine rings is 1. The number of methoxy groups -OCH3 is 1. The van der Waals surface area contributed by atoms with Crippen LogP contribution in [-0.4, -0.2) is 58.0 Å². The second-order valence-corrected chi connectivity index (χ2v) is 6.19. The summed E-state index contributed by atoms with van der Waals surface area (Å²) in [5.74, 6) is 1.44. The summed E-state index contributed by atoms with van der Waals surface area (Å²) in [6.07, 6.45) is 1.72. The second-order valence-electron chi connectivity index (χ2n) is 5.34. The van der Waals surface area contributed by atoms with E-state index in [9.17, 15) is 0 Å². The predicted molar refractivity (Wildman–Crippen MR) is 110 cm³/mol. The molecule has 1 aliphatic heterocycles. The molecule has 1 aromatic carbocycles. The van der Waals surface area contributed by atoms with E-state index in [4.69, 9.17) is 14.2 Å². The molecule has 0 aromatic heterocycles. The fourth-order valence-corrected chi connectivity index (χ4v) is 3.06. The van der Waals surface area contributed by atoms with Crippen LogP contribution in [0.25, 0.3) is 0 Å². The zero-order valence-corrected chi connectivity index (χ0v) is 17.7. The topological polar surface area (TPSA) is 43.0 Å². The first kappa shape index (κ1) is 24.5. The molecule has 0 spiro atoms. The van der Waals surface area contributed by atoms with Crippen molar-refractivity contribution in [3.8, 4) is 11.5 Å². The van der Waals surface area contributed by atoms with Gasteiger partial charge in [-0.3, -0.25) is 4.90 Å². The van der Waals surface area contributed by atoms with Crippen molar-refractivity contribution in [3.05, 3.63) is 34.8 Å². The highest BCUT2D eigenvalue weighted by molar-refractivity contribution is 9.10. The van der Waals surface area contributed by atoms with Crippen molar-refractivity contribution in [2.75, 3.05) is 53.1 Å². The molecule has 1 fully saturated rings. The van der Waals surface area contributed by atoms with E-state index in [0.717, 1.165) is 61.7 Å². The van der Waals surface area contributed by atoms with Gasteiger partial charge in [0, 0.05) is 32.7 Å². The van der Waals surface area contributed by atoms with E-state index < -0.39 is 0 Å². The number of hydrogen-bond acceptors (Lipinski definition) is 5. The number of benzene rings is 1. The van der Waals surface area contributed by atoms with Crippen molar-refractivity contribution in [1.82, 2.24) is 10.2 Å². The Bertz CT molecular complexity index is 515. The highest BCUT2D eigenvalue weighted by atomic mass is 79.9. The molecule has 1 heterocycles. The summed E-state index contributed by atoms with van der Waals surface area (Å²) < 4.78 is 17.3. The Labute approximate surface area is 171 Å². The van der Waals surface area contributed by atoms with E-state index in [1.54, 1.807) is 13.2 Å². The second kappa shape index (κ2) is 13.7. The normalized spacial score (nSPS) is 14.2. The maximum absolute atomic E-state index is 5.64. The van der Waals surface area contributed by atoms with Gasteiger partial charge in [-0.05, 0) is 33.6 Å². The molecule has 0 amide bonds. The first-order valence-electron chi connectivity index (χ1n) is 7.85. The van der Waals surface area contributed by atoms with Gasteiger partial charge in [-0.15, -0.1) is 24.8 Å². The highest BCUT2D eigenvalue weighted by Gasteiger charge is 2.12. The van der Waals surface area contributed by atoms with Gasteiger partial charge in [-0.25, -0.2) is 0 Å². The average molecular weight is 458 g/mol. The largest absolute Gasteiger partial charge is 0.493 e. The summed E-state index contributed by atoms with van der Waals surface area (Å²) in [6.45, 7) is 10.6. The van der Waals surface area contributed by atoms with Crippen molar-refractivity contribution in [2.24, 2.45) is 0 Å². The lowest BCUT2D eigenvalue weighted by molar-refractivity contribution is 0.0384. The van der Waals surface area contributed by atoms with E-state index in [0.29, 0.717) is 12.4 Å². The molecule has 1 aromatic rings. The Balaban J connectivity index is 0.00000288.